The van der Waals surface area contributed by atoms with Crippen molar-refractivity contribution in [2.75, 3.05) is 17.2 Å². The second-order valence-corrected chi connectivity index (χ2v) is 5.22. The smallest absolute Gasteiger partial charge is 0.234 e. The van der Waals surface area contributed by atoms with Gasteiger partial charge >= 0.3 is 0 Å². The Morgan fingerprint density at radius 1 is 1.14 bits per heavy atom. The SMILES string of the molecule is CCCN(C(=O)C(C)c1ccccc1)c1cccc(N)c1. The summed E-state index contributed by atoms with van der Waals surface area (Å²) in [6.45, 7) is 4.71. The van der Waals surface area contributed by atoms with E-state index in [1.807, 2.05) is 66.4 Å². The number of nitrogens with two attached hydrogens (primary N) is 1. The lowest BCUT2D eigenvalue weighted by atomic mass is 9.99. The van der Waals surface area contributed by atoms with Gasteiger partial charge in [0.1, 0.15) is 0 Å². The van der Waals surface area contributed by atoms with Crippen LogP contribution in [0.4, 0.5) is 11.4 Å². The van der Waals surface area contributed by atoms with Crippen LogP contribution in [-0.2, 0) is 4.79 Å². The van der Waals surface area contributed by atoms with E-state index in [1.165, 1.54) is 0 Å². The Morgan fingerprint density at radius 3 is 2.48 bits per heavy atom. The molecule has 0 spiro atoms. The molecule has 1 atom stereocenters. The summed E-state index contributed by atoms with van der Waals surface area (Å²) in [6, 6.07) is 17.4. The fourth-order valence-electron chi connectivity index (χ4n) is 2.40. The minimum absolute atomic E-state index is 0.105. The van der Waals surface area contributed by atoms with Gasteiger partial charge in [0.2, 0.25) is 5.91 Å². The van der Waals surface area contributed by atoms with Crippen molar-refractivity contribution in [1.29, 1.82) is 0 Å². The molecule has 2 aromatic rings. The normalized spacial score (nSPS) is 11.9. The van der Waals surface area contributed by atoms with Crippen molar-refractivity contribution in [1.82, 2.24) is 0 Å². The molecule has 0 fully saturated rings. The average molecular weight is 282 g/mol. The van der Waals surface area contributed by atoms with Gasteiger partial charge in [-0.3, -0.25) is 4.79 Å². The van der Waals surface area contributed by atoms with Crippen LogP contribution in [0.3, 0.4) is 0 Å². The third kappa shape index (κ3) is 3.63. The predicted molar refractivity (Wildman–Crippen MR) is 88.4 cm³/mol. The molecule has 0 bridgehead atoms. The molecule has 0 aliphatic carbocycles. The number of anilines is 2. The Morgan fingerprint density at radius 2 is 1.86 bits per heavy atom. The first-order chi connectivity index (χ1) is 10.1. The zero-order valence-electron chi connectivity index (χ0n) is 12.6. The van der Waals surface area contributed by atoms with Gasteiger partial charge in [0.15, 0.2) is 0 Å². The van der Waals surface area contributed by atoms with Crippen molar-refractivity contribution in [2.24, 2.45) is 0 Å². The highest BCUT2D eigenvalue weighted by atomic mass is 16.2. The van der Waals surface area contributed by atoms with Crippen molar-refractivity contribution >= 4 is 17.3 Å². The number of hydrogen-bond donors (Lipinski definition) is 1. The third-order valence-corrected chi connectivity index (χ3v) is 3.57. The number of benzene rings is 2. The summed E-state index contributed by atoms with van der Waals surface area (Å²) in [5.41, 5.74) is 8.42. The standard InChI is InChI=1S/C18H22N2O/c1-3-12-20(17-11-7-10-16(19)13-17)18(21)14(2)15-8-5-4-6-9-15/h4-11,13-14H,3,12,19H2,1-2H3. The lowest BCUT2D eigenvalue weighted by molar-refractivity contribution is -0.119. The summed E-state index contributed by atoms with van der Waals surface area (Å²) in [4.78, 5) is 14.7. The molecule has 3 heteroatoms. The maximum atomic E-state index is 12.8. The monoisotopic (exact) mass is 282 g/mol. The molecule has 2 rings (SSSR count). The number of hydrogen-bond acceptors (Lipinski definition) is 2. The van der Waals surface area contributed by atoms with Gasteiger partial charge in [-0.1, -0.05) is 43.3 Å². The minimum atomic E-state index is -0.167. The molecular weight excluding hydrogens is 260 g/mol. The largest absolute Gasteiger partial charge is 0.399 e. The fourth-order valence-corrected chi connectivity index (χ4v) is 2.40. The number of amides is 1. The van der Waals surface area contributed by atoms with E-state index < -0.39 is 0 Å². The van der Waals surface area contributed by atoms with Crippen molar-refractivity contribution in [2.45, 2.75) is 26.2 Å². The van der Waals surface area contributed by atoms with Crippen LogP contribution in [0.5, 0.6) is 0 Å². The van der Waals surface area contributed by atoms with E-state index in [4.69, 9.17) is 5.73 Å². The molecule has 0 heterocycles. The summed E-state index contributed by atoms with van der Waals surface area (Å²) in [5, 5.41) is 0. The van der Waals surface area contributed by atoms with Crippen LogP contribution in [0.25, 0.3) is 0 Å². The molecule has 0 aliphatic heterocycles. The Bertz CT molecular complexity index is 595. The zero-order chi connectivity index (χ0) is 15.2. The quantitative estimate of drug-likeness (QED) is 0.847. The average Bonchev–Trinajstić information content (AvgIpc) is 2.52. The van der Waals surface area contributed by atoms with Gasteiger partial charge in [-0.15, -0.1) is 0 Å². The van der Waals surface area contributed by atoms with E-state index in [0.717, 1.165) is 17.7 Å². The molecule has 1 amide bonds. The molecular formula is C18H22N2O. The summed E-state index contributed by atoms with van der Waals surface area (Å²) >= 11 is 0. The molecule has 110 valence electrons. The number of carbonyl (C=O) groups excluding carboxylic acids is 1. The van der Waals surface area contributed by atoms with Crippen LogP contribution >= 0.6 is 0 Å². The van der Waals surface area contributed by atoms with Crippen molar-refractivity contribution < 1.29 is 4.79 Å². The zero-order valence-corrected chi connectivity index (χ0v) is 12.6. The first-order valence-corrected chi connectivity index (χ1v) is 7.35. The molecule has 1 unspecified atom stereocenters. The van der Waals surface area contributed by atoms with Crippen molar-refractivity contribution in [3.63, 3.8) is 0 Å². The molecule has 0 aliphatic rings. The lowest BCUT2D eigenvalue weighted by Gasteiger charge is -2.26. The van der Waals surface area contributed by atoms with Gasteiger partial charge in [0.05, 0.1) is 5.92 Å². The molecule has 0 saturated carbocycles. The van der Waals surface area contributed by atoms with Crippen molar-refractivity contribution in [3.05, 3.63) is 60.2 Å². The second kappa shape index (κ2) is 6.93. The van der Waals surface area contributed by atoms with Crippen LogP contribution in [0.15, 0.2) is 54.6 Å². The highest BCUT2D eigenvalue weighted by Gasteiger charge is 2.22. The van der Waals surface area contributed by atoms with Gasteiger partial charge < -0.3 is 10.6 Å². The molecule has 0 saturated heterocycles. The predicted octanol–water partition coefficient (Wildman–Crippen LogP) is 3.82. The van der Waals surface area contributed by atoms with Gasteiger partial charge in [0.25, 0.3) is 0 Å². The van der Waals surface area contributed by atoms with Crippen LogP contribution in [-0.4, -0.2) is 12.5 Å². The summed E-state index contributed by atoms with van der Waals surface area (Å²) in [7, 11) is 0. The molecule has 0 aromatic heterocycles. The van der Waals surface area contributed by atoms with E-state index in [9.17, 15) is 4.79 Å². The van der Waals surface area contributed by atoms with E-state index >= 15 is 0 Å². The number of carbonyl (C=O) groups is 1. The molecule has 3 nitrogen and oxygen atoms in total. The van der Waals surface area contributed by atoms with Crippen molar-refractivity contribution in [3.8, 4) is 0 Å². The first-order valence-electron chi connectivity index (χ1n) is 7.35. The van der Waals surface area contributed by atoms with Gasteiger partial charge in [0, 0.05) is 17.9 Å². The van der Waals surface area contributed by atoms with E-state index in [-0.39, 0.29) is 11.8 Å². The van der Waals surface area contributed by atoms with Gasteiger partial charge in [-0.25, -0.2) is 0 Å². The Labute approximate surface area is 126 Å². The van der Waals surface area contributed by atoms with Gasteiger partial charge in [-0.2, -0.15) is 0 Å². The summed E-state index contributed by atoms with van der Waals surface area (Å²) in [6.07, 6.45) is 0.905. The topological polar surface area (TPSA) is 46.3 Å². The molecule has 2 aromatic carbocycles. The molecule has 21 heavy (non-hydrogen) atoms. The Balaban J connectivity index is 2.27. The lowest BCUT2D eigenvalue weighted by Crippen LogP contribution is -2.35. The fraction of sp³-hybridized carbons (Fsp3) is 0.278. The Kier molecular flexibility index (Phi) is 4.99. The summed E-state index contributed by atoms with van der Waals surface area (Å²) < 4.78 is 0. The molecule has 0 radical (unpaired) electrons. The number of rotatable bonds is 5. The van der Waals surface area contributed by atoms with Crippen LogP contribution in [0, 0.1) is 0 Å². The van der Waals surface area contributed by atoms with E-state index in [1.54, 1.807) is 0 Å². The third-order valence-electron chi connectivity index (χ3n) is 3.57. The first kappa shape index (κ1) is 15.1. The van der Waals surface area contributed by atoms with Crippen LogP contribution in [0.1, 0.15) is 31.7 Å². The van der Waals surface area contributed by atoms with Crippen LogP contribution < -0.4 is 10.6 Å². The van der Waals surface area contributed by atoms with Crippen LogP contribution in [0.2, 0.25) is 0 Å². The highest BCUT2D eigenvalue weighted by Crippen LogP contribution is 2.24. The molecule has 2 N–H and O–H groups in total. The second-order valence-electron chi connectivity index (χ2n) is 5.22. The summed E-state index contributed by atoms with van der Waals surface area (Å²) in [5.74, 6) is -0.0622. The number of nitrogens with zero attached hydrogens (tertiary/aromatic N) is 1. The maximum absolute atomic E-state index is 12.8. The Hall–Kier alpha value is -2.29. The number of nitrogen functional groups attached to an aromatic ring is 1. The van der Waals surface area contributed by atoms with Gasteiger partial charge in [-0.05, 0) is 37.1 Å². The maximum Gasteiger partial charge on any atom is 0.234 e. The highest BCUT2D eigenvalue weighted by molar-refractivity contribution is 5.98. The van der Waals surface area contributed by atoms with E-state index in [2.05, 4.69) is 6.92 Å². The van der Waals surface area contributed by atoms with E-state index in [0.29, 0.717) is 12.2 Å². The minimum Gasteiger partial charge on any atom is -0.399 e.